The highest BCUT2D eigenvalue weighted by Gasteiger charge is 2.20. The number of nitrogens with zero attached hydrogens (tertiary/aromatic N) is 1. The molecule has 132 valence electrons. The largest absolute Gasteiger partial charge is 0.488 e. The molecule has 1 N–H and O–H groups in total. The van der Waals surface area contributed by atoms with Crippen molar-refractivity contribution >= 4 is 18.1 Å². The number of amides is 1. The summed E-state index contributed by atoms with van der Waals surface area (Å²) < 4.78 is 5.63. The second-order valence-corrected chi connectivity index (χ2v) is 6.39. The van der Waals surface area contributed by atoms with E-state index in [1.54, 1.807) is 26.8 Å². The van der Waals surface area contributed by atoms with E-state index in [0.29, 0.717) is 12.1 Å². The average Bonchev–Trinajstić information content (AvgIpc) is 2.58. The Balaban J connectivity index is 2.24. The Bertz CT molecular complexity index is 737. The Labute approximate surface area is 146 Å². The zero-order chi connectivity index (χ0) is 18.4. The highest BCUT2D eigenvalue weighted by Crippen LogP contribution is 2.27. The monoisotopic (exact) mass is 343 g/mol. The summed E-state index contributed by atoms with van der Waals surface area (Å²) in [5, 5.41) is 10.5. The van der Waals surface area contributed by atoms with E-state index in [1.165, 1.54) is 12.1 Å². The van der Waals surface area contributed by atoms with Crippen LogP contribution in [-0.4, -0.2) is 23.1 Å². The molecule has 6 nitrogen and oxygen atoms in total. The van der Waals surface area contributed by atoms with Gasteiger partial charge in [-0.25, -0.2) is 4.79 Å². The zero-order valence-electron chi connectivity index (χ0n) is 14.4. The van der Waals surface area contributed by atoms with Gasteiger partial charge in [-0.05, 0) is 44.5 Å². The number of hydrogen-bond donors (Lipinski definition) is 1. The van der Waals surface area contributed by atoms with Gasteiger partial charge in [0.15, 0.2) is 0 Å². The van der Waals surface area contributed by atoms with Crippen molar-refractivity contribution in [2.75, 3.05) is 5.06 Å². The topological polar surface area (TPSA) is 76.1 Å². The molecule has 6 heteroatoms. The molecule has 0 spiro atoms. The van der Waals surface area contributed by atoms with Crippen LogP contribution in [0.15, 0.2) is 48.5 Å². The highest BCUT2D eigenvalue weighted by molar-refractivity contribution is 5.93. The van der Waals surface area contributed by atoms with Crippen LogP contribution in [-0.2, 0) is 16.2 Å². The van der Waals surface area contributed by atoms with Crippen LogP contribution in [0.4, 0.5) is 5.69 Å². The highest BCUT2D eigenvalue weighted by atomic mass is 16.7. The minimum atomic E-state index is -1.15. The number of anilines is 1. The molecule has 1 amide bonds. The van der Waals surface area contributed by atoms with E-state index in [1.807, 2.05) is 30.3 Å². The number of carbonyl (C=O) groups is 2. The number of hydroxylamine groups is 1. The van der Waals surface area contributed by atoms with Crippen LogP contribution in [0.5, 0.6) is 5.75 Å². The van der Waals surface area contributed by atoms with Crippen molar-refractivity contribution < 1.29 is 24.3 Å². The van der Waals surface area contributed by atoms with E-state index >= 15 is 0 Å². The molecule has 0 saturated carbocycles. The number of rotatable bonds is 7. The minimum absolute atomic E-state index is 0.0437. The third kappa shape index (κ3) is 5.32. The number of benzene rings is 2. The minimum Gasteiger partial charge on any atom is -0.488 e. The Kier molecular flexibility index (Phi) is 5.77. The Hall–Kier alpha value is -2.86. The molecule has 0 aliphatic heterocycles. The lowest BCUT2D eigenvalue weighted by Crippen LogP contribution is -2.33. The van der Waals surface area contributed by atoms with E-state index in [9.17, 15) is 14.7 Å². The molecule has 0 heterocycles. The summed E-state index contributed by atoms with van der Waals surface area (Å²) in [6.07, 6.45) is 0.497. The molecule has 25 heavy (non-hydrogen) atoms. The lowest BCUT2D eigenvalue weighted by Gasteiger charge is -2.27. The van der Waals surface area contributed by atoms with E-state index in [0.717, 1.165) is 10.6 Å². The molecule has 0 aliphatic carbocycles. The molecule has 0 unspecified atom stereocenters. The molecular formula is C19H21NO5. The maximum atomic E-state index is 11.6. The second-order valence-electron chi connectivity index (χ2n) is 6.39. The molecule has 0 aliphatic rings. The van der Waals surface area contributed by atoms with Gasteiger partial charge in [-0.3, -0.25) is 9.63 Å². The van der Waals surface area contributed by atoms with E-state index in [-0.39, 0.29) is 17.9 Å². The van der Waals surface area contributed by atoms with Gasteiger partial charge in [-0.15, -0.1) is 0 Å². The van der Waals surface area contributed by atoms with Crippen LogP contribution in [0.25, 0.3) is 0 Å². The summed E-state index contributed by atoms with van der Waals surface area (Å²) in [5.74, 6) is -0.923. The SMILES string of the molecule is CC(C)(C)ON(C=O)c1ccc(OCc2ccccc2)c(C(=O)O)c1. The molecule has 0 radical (unpaired) electrons. The first kappa shape index (κ1) is 18.5. The van der Waals surface area contributed by atoms with E-state index in [4.69, 9.17) is 9.57 Å². The van der Waals surface area contributed by atoms with Gasteiger partial charge in [-0.1, -0.05) is 30.3 Å². The van der Waals surface area contributed by atoms with Crippen LogP contribution in [0.3, 0.4) is 0 Å². The van der Waals surface area contributed by atoms with Crippen molar-refractivity contribution in [1.82, 2.24) is 0 Å². The van der Waals surface area contributed by atoms with Crippen molar-refractivity contribution in [3.8, 4) is 5.75 Å². The van der Waals surface area contributed by atoms with Crippen LogP contribution in [0, 0.1) is 0 Å². The third-order valence-electron chi connectivity index (χ3n) is 3.15. The third-order valence-corrected chi connectivity index (χ3v) is 3.15. The summed E-state index contributed by atoms with van der Waals surface area (Å²) in [7, 11) is 0. The maximum absolute atomic E-state index is 11.6. The fraction of sp³-hybridized carbons (Fsp3) is 0.263. The van der Waals surface area contributed by atoms with Crippen LogP contribution in [0.1, 0.15) is 36.7 Å². The fourth-order valence-corrected chi connectivity index (χ4v) is 2.11. The predicted molar refractivity (Wildman–Crippen MR) is 93.6 cm³/mol. The van der Waals surface area contributed by atoms with Crippen molar-refractivity contribution in [3.63, 3.8) is 0 Å². The van der Waals surface area contributed by atoms with Crippen LogP contribution >= 0.6 is 0 Å². The first-order valence-electron chi connectivity index (χ1n) is 7.78. The van der Waals surface area contributed by atoms with Gasteiger partial charge in [-0.2, -0.15) is 5.06 Å². The van der Waals surface area contributed by atoms with Crippen molar-refractivity contribution in [2.24, 2.45) is 0 Å². The smallest absolute Gasteiger partial charge is 0.339 e. The van der Waals surface area contributed by atoms with Gasteiger partial charge >= 0.3 is 5.97 Å². The molecular weight excluding hydrogens is 322 g/mol. The molecule has 0 aromatic heterocycles. The maximum Gasteiger partial charge on any atom is 0.339 e. The Morgan fingerprint density at radius 3 is 2.40 bits per heavy atom. The Morgan fingerprint density at radius 2 is 1.84 bits per heavy atom. The average molecular weight is 343 g/mol. The van der Waals surface area contributed by atoms with Gasteiger partial charge in [0, 0.05) is 0 Å². The summed E-state index contributed by atoms with van der Waals surface area (Å²) in [4.78, 5) is 28.3. The van der Waals surface area contributed by atoms with Gasteiger partial charge in [0.2, 0.25) is 6.41 Å². The number of aromatic carboxylic acids is 1. The van der Waals surface area contributed by atoms with Gasteiger partial charge < -0.3 is 9.84 Å². The van der Waals surface area contributed by atoms with Gasteiger partial charge in [0.1, 0.15) is 17.9 Å². The lowest BCUT2D eigenvalue weighted by atomic mass is 10.1. The summed E-state index contributed by atoms with van der Waals surface area (Å²) >= 11 is 0. The van der Waals surface area contributed by atoms with Crippen LogP contribution in [0.2, 0.25) is 0 Å². The van der Waals surface area contributed by atoms with Gasteiger partial charge in [0.25, 0.3) is 0 Å². The summed E-state index contributed by atoms with van der Waals surface area (Å²) in [6, 6.07) is 13.9. The fourth-order valence-electron chi connectivity index (χ4n) is 2.11. The number of carbonyl (C=O) groups excluding carboxylic acids is 1. The second kappa shape index (κ2) is 7.81. The number of carboxylic acid groups (broad SMARTS) is 1. The Morgan fingerprint density at radius 1 is 1.16 bits per heavy atom. The quantitative estimate of drug-likeness (QED) is 0.613. The first-order valence-corrected chi connectivity index (χ1v) is 7.78. The number of hydrogen-bond acceptors (Lipinski definition) is 4. The van der Waals surface area contributed by atoms with Crippen molar-refractivity contribution in [2.45, 2.75) is 33.0 Å². The van der Waals surface area contributed by atoms with E-state index in [2.05, 4.69) is 0 Å². The van der Waals surface area contributed by atoms with Crippen molar-refractivity contribution in [3.05, 3.63) is 59.7 Å². The summed E-state index contributed by atoms with van der Waals surface area (Å²) in [5.41, 5.74) is 0.591. The molecule has 0 saturated heterocycles. The molecule has 2 rings (SSSR count). The normalized spacial score (nSPS) is 11.0. The lowest BCUT2D eigenvalue weighted by molar-refractivity contribution is -0.120. The molecule has 2 aromatic carbocycles. The zero-order valence-corrected chi connectivity index (χ0v) is 14.4. The van der Waals surface area contributed by atoms with Gasteiger partial charge in [0.05, 0.1) is 11.3 Å². The summed E-state index contributed by atoms with van der Waals surface area (Å²) in [6.45, 7) is 5.62. The number of carboxylic acids is 1. The molecule has 0 atom stereocenters. The predicted octanol–water partition coefficient (Wildman–Crippen LogP) is 3.66. The molecule has 0 bridgehead atoms. The molecule has 2 aromatic rings. The first-order chi connectivity index (χ1) is 11.8. The molecule has 0 fully saturated rings. The number of ether oxygens (including phenoxy) is 1. The van der Waals surface area contributed by atoms with Crippen LogP contribution < -0.4 is 9.80 Å². The standard InChI is InChI=1S/C19H21NO5/c1-19(2,3)25-20(13-21)15-9-10-17(16(11-15)18(22)23)24-12-14-7-5-4-6-8-14/h4-11,13H,12H2,1-3H3,(H,22,23). The van der Waals surface area contributed by atoms with Crippen molar-refractivity contribution in [1.29, 1.82) is 0 Å². The van der Waals surface area contributed by atoms with E-state index < -0.39 is 11.6 Å².